The van der Waals surface area contributed by atoms with Crippen LogP contribution in [0.4, 0.5) is 0 Å². The van der Waals surface area contributed by atoms with Crippen LogP contribution in [0.3, 0.4) is 0 Å². The maximum Gasteiger partial charge on any atom is 0.0328 e. The molecule has 1 aliphatic heterocycles. The first-order valence-electron chi connectivity index (χ1n) is 8.99. The first-order chi connectivity index (χ1) is 10.4. The van der Waals surface area contributed by atoms with Gasteiger partial charge in [-0.25, -0.2) is 0 Å². The summed E-state index contributed by atoms with van der Waals surface area (Å²) in [5.74, 6) is 0.859. The average molecular weight is 284 g/mol. The third-order valence-electron chi connectivity index (χ3n) is 5.98. The van der Waals surface area contributed by atoms with E-state index < -0.39 is 0 Å². The van der Waals surface area contributed by atoms with Crippen LogP contribution in [-0.2, 0) is 6.42 Å². The quantitative estimate of drug-likeness (QED) is 0.886. The molecular weight excluding hydrogens is 256 g/mol. The number of hydrogen-bond donors (Lipinski definition) is 2. The standard InChI is InChI=1S/C19H28N2/c1-2-7-15-14(6-1)11-12-19(15)21-18-10-5-8-16(18)17-9-3-4-13-20-17/h1-2,6-7,16-21H,3-5,8-13H2. The fourth-order valence-electron chi connectivity index (χ4n) is 4.91. The van der Waals surface area contributed by atoms with Gasteiger partial charge in [0.2, 0.25) is 0 Å². The molecule has 4 rings (SSSR count). The van der Waals surface area contributed by atoms with Gasteiger partial charge in [0.25, 0.3) is 0 Å². The fraction of sp³-hybridized carbons (Fsp3) is 0.684. The zero-order valence-corrected chi connectivity index (χ0v) is 13.0. The molecule has 3 aliphatic rings. The summed E-state index contributed by atoms with van der Waals surface area (Å²) in [5, 5.41) is 7.84. The SMILES string of the molecule is c1ccc2c(c1)CCC2NC1CCCC1C1CCCCN1. The van der Waals surface area contributed by atoms with E-state index in [2.05, 4.69) is 34.9 Å². The molecule has 0 spiro atoms. The maximum absolute atomic E-state index is 4.04. The van der Waals surface area contributed by atoms with Gasteiger partial charge in [-0.3, -0.25) is 0 Å². The molecule has 0 aromatic heterocycles. The molecule has 4 unspecified atom stereocenters. The number of nitrogens with one attached hydrogen (secondary N) is 2. The second kappa shape index (κ2) is 6.10. The van der Waals surface area contributed by atoms with Crippen molar-refractivity contribution >= 4 is 0 Å². The lowest BCUT2D eigenvalue weighted by molar-refractivity contribution is 0.246. The van der Waals surface area contributed by atoms with Gasteiger partial charge >= 0.3 is 0 Å². The van der Waals surface area contributed by atoms with Crippen molar-refractivity contribution < 1.29 is 0 Å². The molecule has 2 nitrogen and oxygen atoms in total. The molecule has 2 N–H and O–H groups in total. The lowest BCUT2D eigenvalue weighted by atomic mass is 9.88. The van der Waals surface area contributed by atoms with E-state index in [1.165, 1.54) is 57.9 Å². The number of piperidine rings is 1. The van der Waals surface area contributed by atoms with Crippen molar-refractivity contribution in [1.29, 1.82) is 0 Å². The Bertz CT molecular complexity index is 478. The Kier molecular flexibility index (Phi) is 4.00. The number of benzene rings is 1. The van der Waals surface area contributed by atoms with E-state index in [0.717, 1.165) is 18.0 Å². The Morgan fingerprint density at radius 2 is 1.90 bits per heavy atom. The van der Waals surface area contributed by atoms with Crippen molar-refractivity contribution in [1.82, 2.24) is 10.6 Å². The van der Waals surface area contributed by atoms with Crippen LogP contribution < -0.4 is 10.6 Å². The largest absolute Gasteiger partial charge is 0.314 e. The van der Waals surface area contributed by atoms with Crippen LogP contribution in [0.15, 0.2) is 24.3 Å². The predicted octanol–water partition coefficient (Wildman–Crippen LogP) is 3.57. The average Bonchev–Trinajstić information content (AvgIpc) is 3.16. The molecule has 0 bridgehead atoms. The number of fused-ring (bicyclic) bond motifs is 1. The molecule has 1 heterocycles. The topological polar surface area (TPSA) is 24.1 Å². The Balaban J connectivity index is 1.44. The predicted molar refractivity (Wildman–Crippen MR) is 87.4 cm³/mol. The van der Waals surface area contributed by atoms with Crippen LogP contribution in [0.1, 0.15) is 62.1 Å². The van der Waals surface area contributed by atoms with Crippen molar-refractivity contribution in [2.45, 2.75) is 69.5 Å². The Hall–Kier alpha value is -0.860. The summed E-state index contributed by atoms with van der Waals surface area (Å²) in [4.78, 5) is 0. The van der Waals surface area contributed by atoms with E-state index >= 15 is 0 Å². The molecule has 0 amide bonds. The minimum absolute atomic E-state index is 0.607. The van der Waals surface area contributed by atoms with Gasteiger partial charge in [0.15, 0.2) is 0 Å². The normalized spacial score (nSPS) is 35.8. The first kappa shape index (κ1) is 13.8. The van der Waals surface area contributed by atoms with Gasteiger partial charge in [-0.2, -0.15) is 0 Å². The summed E-state index contributed by atoms with van der Waals surface area (Å²) in [7, 11) is 0. The van der Waals surface area contributed by atoms with E-state index in [4.69, 9.17) is 0 Å². The van der Waals surface area contributed by atoms with Gasteiger partial charge in [-0.1, -0.05) is 37.1 Å². The van der Waals surface area contributed by atoms with Crippen LogP contribution in [-0.4, -0.2) is 18.6 Å². The molecule has 21 heavy (non-hydrogen) atoms. The van der Waals surface area contributed by atoms with Crippen LogP contribution >= 0.6 is 0 Å². The van der Waals surface area contributed by atoms with Gasteiger partial charge in [-0.15, -0.1) is 0 Å². The van der Waals surface area contributed by atoms with E-state index in [-0.39, 0.29) is 0 Å². The zero-order chi connectivity index (χ0) is 14.1. The van der Waals surface area contributed by atoms with Crippen LogP contribution in [0, 0.1) is 5.92 Å². The minimum Gasteiger partial charge on any atom is -0.314 e. The second-order valence-electron chi connectivity index (χ2n) is 7.21. The summed E-state index contributed by atoms with van der Waals surface area (Å²) in [5.41, 5.74) is 3.14. The van der Waals surface area contributed by atoms with Crippen LogP contribution in [0.2, 0.25) is 0 Å². The van der Waals surface area contributed by atoms with Crippen molar-refractivity contribution in [3.63, 3.8) is 0 Å². The molecule has 1 saturated heterocycles. The van der Waals surface area contributed by atoms with Gasteiger partial charge in [0, 0.05) is 18.1 Å². The van der Waals surface area contributed by atoms with E-state index in [1.54, 1.807) is 11.1 Å². The van der Waals surface area contributed by atoms with Crippen molar-refractivity contribution in [2.24, 2.45) is 5.92 Å². The van der Waals surface area contributed by atoms with Gasteiger partial charge < -0.3 is 10.6 Å². The van der Waals surface area contributed by atoms with Crippen molar-refractivity contribution in [3.05, 3.63) is 35.4 Å². The molecule has 2 heteroatoms. The molecule has 2 aliphatic carbocycles. The molecule has 1 aromatic carbocycles. The summed E-state index contributed by atoms with van der Waals surface area (Å²) < 4.78 is 0. The molecule has 1 saturated carbocycles. The second-order valence-corrected chi connectivity index (χ2v) is 7.21. The van der Waals surface area contributed by atoms with Crippen molar-refractivity contribution in [2.75, 3.05) is 6.54 Å². The fourth-order valence-corrected chi connectivity index (χ4v) is 4.91. The summed E-state index contributed by atoms with van der Waals surface area (Å²) >= 11 is 0. The number of hydrogen-bond acceptors (Lipinski definition) is 2. The first-order valence-corrected chi connectivity index (χ1v) is 8.99. The van der Waals surface area contributed by atoms with E-state index in [0.29, 0.717) is 6.04 Å². The monoisotopic (exact) mass is 284 g/mol. The Labute approximate surface area is 128 Å². The molecule has 1 aromatic rings. The van der Waals surface area contributed by atoms with E-state index in [1.807, 2.05) is 0 Å². The maximum atomic E-state index is 4.04. The Morgan fingerprint density at radius 1 is 0.952 bits per heavy atom. The van der Waals surface area contributed by atoms with Gasteiger partial charge in [0.1, 0.15) is 0 Å². The number of aryl methyl sites for hydroxylation is 1. The Morgan fingerprint density at radius 3 is 2.81 bits per heavy atom. The molecule has 114 valence electrons. The summed E-state index contributed by atoms with van der Waals surface area (Å²) in [6.07, 6.45) is 10.9. The minimum atomic E-state index is 0.607. The van der Waals surface area contributed by atoms with Crippen molar-refractivity contribution in [3.8, 4) is 0 Å². The van der Waals surface area contributed by atoms with Crippen LogP contribution in [0.25, 0.3) is 0 Å². The summed E-state index contributed by atoms with van der Waals surface area (Å²) in [6, 6.07) is 11.1. The van der Waals surface area contributed by atoms with E-state index in [9.17, 15) is 0 Å². The lowest BCUT2D eigenvalue weighted by Crippen LogP contribution is -2.47. The highest BCUT2D eigenvalue weighted by molar-refractivity contribution is 5.34. The molecule has 4 atom stereocenters. The smallest absolute Gasteiger partial charge is 0.0328 e. The summed E-state index contributed by atoms with van der Waals surface area (Å²) in [6.45, 7) is 1.24. The highest BCUT2D eigenvalue weighted by atomic mass is 15.0. The van der Waals surface area contributed by atoms with Gasteiger partial charge in [0.05, 0.1) is 0 Å². The highest BCUT2D eigenvalue weighted by Crippen LogP contribution is 2.36. The van der Waals surface area contributed by atoms with Gasteiger partial charge in [-0.05, 0) is 62.1 Å². The number of rotatable bonds is 3. The lowest BCUT2D eigenvalue weighted by Gasteiger charge is -2.34. The third kappa shape index (κ3) is 2.76. The highest BCUT2D eigenvalue weighted by Gasteiger charge is 2.36. The molecule has 2 fully saturated rings. The zero-order valence-electron chi connectivity index (χ0n) is 13.0. The molecular formula is C19H28N2. The van der Waals surface area contributed by atoms with Crippen LogP contribution in [0.5, 0.6) is 0 Å². The molecule has 0 radical (unpaired) electrons. The third-order valence-corrected chi connectivity index (χ3v) is 5.98.